The quantitative estimate of drug-likeness (QED) is 0.0288. The standard InChI is InChI=1S/C23H26N.C19H18N.C15H10N.C13H8NS.C13H8N.C11H6F2N.C11H20O2.C6H5NO2.C5H8O2.6Ir/c1-2-3-4-5-6-7-10-19-13-15-21(16-14-19)23-22-12-9-8-11-20(22)17-18-24-23;1-19(2,3)16-10-8-15(9-11-16)18-17-7-5-4-6-14(17)12-13-20-18;1-2-7-13(8-3-1)15-14-9-5-4-6-12(14)10-11-16-15;1-2-7-12-10(5-1)9-13(15-12)11-6-3-4-8-14-11;1-2-6-12-10(4-1)7-8-11-5-3-9-14-13(11)12;12-8-4-5-9(10(13)7-8)11-3-1-2-6-14-11;1-10(2,3)8(12)7-9(13)11(4,5)6;8-6(9)5-3-1-2-4-7-5;1-4(6)3-5(2)7;;;;;;/h8-9,11-15,17-18H,2-7,10H2,1H3;4-8,10-13H,1-3H3;1-7,9-11H;1-8H;1-5,7-9H;1-4,6-7H;7,12H,1-6H3;1-4H,(H,8,9);3,6H,1-2H3;;;;;;/q6*-1;;;;;;;;;. The van der Waals surface area contributed by atoms with Gasteiger partial charge in [-0.15, -0.1) is 177 Å². The summed E-state index contributed by atoms with van der Waals surface area (Å²) < 4.78 is 27.1. The van der Waals surface area contributed by atoms with E-state index in [0.717, 1.165) is 73.8 Å². The Bertz CT molecular complexity index is 6700. The van der Waals surface area contributed by atoms with Crippen molar-refractivity contribution in [2.75, 3.05) is 0 Å². The van der Waals surface area contributed by atoms with Gasteiger partial charge in [-0.25, -0.2) is 21.1 Å². The number of pyridine rings is 7. The number of halogens is 2. The maximum Gasteiger partial charge on any atom is 0.354 e. The van der Waals surface area contributed by atoms with Crippen molar-refractivity contribution in [3.63, 3.8) is 0 Å². The second kappa shape index (κ2) is 60.9. The van der Waals surface area contributed by atoms with Gasteiger partial charge in [0.15, 0.2) is 11.6 Å². The minimum absolute atomic E-state index is 0. The van der Waals surface area contributed by atoms with Crippen LogP contribution in [0.15, 0.2) is 352 Å². The van der Waals surface area contributed by atoms with E-state index in [4.69, 9.17) is 10.2 Å². The number of carbonyl (C=O) groups excluding carboxylic acids is 2. The summed E-state index contributed by atoms with van der Waals surface area (Å²) in [5, 5.41) is 38.1. The van der Waals surface area contributed by atoms with Crippen molar-refractivity contribution in [1.29, 1.82) is 0 Å². The zero-order chi connectivity index (χ0) is 94.4. The van der Waals surface area contributed by atoms with Crippen molar-refractivity contribution < 1.29 is 159 Å². The summed E-state index contributed by atoms with van der Waals surface area (Å²) >= 11 is 1.73. The van der Waals surface area contributed by atoms with E-state index in [1.54, 1.807) is 47.9 Å². The number of ketones is 2. The number of carbonyl (C=O) groups is 3. The van der Waals surface area contributed by atoms with Crippen LogP contribution in [0.3, 0.4) is 0 Å². The summed E-state index contributed by atoms with van der Waals surface area (Å²) in [5.74, 6) is -2.23. The van der Waals surface area contributed by atoms with Crippen molar-refractivity contribution in [2.45, 2.75) is 133 Å². The zero-order valence-electron chi connectivity index (χ0n) is 78.6. The molecule has 0 aliphatic rings. The number of carboxylic acids is 1. The van der Waals surface area contributed by atoms with Crippen LogP contribution in [0.5, 0.6) is 0 Å². The first-order chi connectivity index (χ1) is 63.5. The van der Waals surface area contributed by atoms with E-state index >= 15 is 0 Å². The number of hydrogen-bond donors (Lipinski definition) is 3. The molecule has 0 saturated heterocycles. The van der Waals surface area contributed by atoms with Crippen LogP contribution < -0.4 is 0 Å². The molecule has 6 radical (unpaired) electrons. The molecule has 0 bridgehead atoms. The number of benzene rings is 10. The second-order valence-corrected chi connectivity index (χ2v) is 34.9. The van der Waals surface area contributed by atoms with Crippen LogP contribution in [0.1, 0.15) is 143 Å². The summed E-state index contributed by atoms with van der Waals surface area (Å²) in [5.41, 5.74) is 11.0. The minimum atomic E-state index is -0.990. The number of aliphatic hydroxyl groups excluding tert-OH is 2. The van der Waals surface area contributed by atoms with Gasteiger partial charge in [0.05, 0.1) is 5.76 Å². The number of aromatic carboxylic acids is 1. The van der Waals surface area contributed by atoms with Gasteiger partial charge < -0.3 is 45.2 Å². The number of aryl methyl sites for hydroxylation is 1. The third-order valence-corrected chi connectivity index (χ3v) is 21.5. The third-order valence-electron chi connectivity index (χ3n) is 20.4. The van der Waals surface area contributed by atoms with Crippen LogP contribution in [0.2, 0.25) is 0 Å². The van der Waals surface area contributed by atoms with Gasteiger partial charge >= 0.3 is 5.97 Å². The Morgan fingerprint density at radius 2 is 0.906 bits per heavy atom. The molecular formula is C116H109F2Ir6N7O6S-6. The van der Waals surface area contributed by atoms with Gasteiger partial charge in [0, 0.05) is 204 Å². The normalized spacial score (nSPS) is 10.7. The van der Waals surface area contributed by atoms with Crippen LogP contribution in [-0.2, 0) is 142 Å². The summed E-state index contributed by atoms with van der Waals surface area (Å²) in [6.45, 7) is 22.9. The predicted octanol–water partition coefficient (Wildman–Crippen LogP) is 30.0. The zero-order valence-corrected chi connectivity index (χ0v) is 93.8. The molecule has 18 rings (SSSR count). The number of carboxylic acid groups (broad SMARTS) is 1. The molecule has 0 unspecified atom stereocenters. The summed E-state index contributed by atoms with van der Waals surface area (Å²) in [6, 6.07) is 111. The molecule has 10 aromatic carbocycles. The molecule has 0 saturated carbocycles. The van der Waals surface area contributed by atoms with Gasteiger partial charge in [-0.2, -0.15) is 0 Å². The Morgan fingerprint density at radius 1 is 0.413 bits per heavy atom. The van der Waals surface area contributed by atoms with E-state index < -0.39 is 23.0 Å². The third kappa shape index (κ3) is 38.1. The number of hydrogen-bond acceptors (Lipinski definition) is 13. The average molecular weight is 2920 g/mol. The fraction of sp³-hybridized carbons (Fsp3) is 0.190. The largest absolute Gasteiger partial charge is 0.512 e. The first-order valence-electron chi connectivity index (χ1n) is 43.8. The van der Waals surface area contributed by atoms with Gasteiger partial charge in [0.2, 0.25) is 0 Å². The Kier molecular flexibility index (Phi) is 52.7. The smallest absolute Gasteiger partial charge is 0.354 e. The van der Waals surface area contributed by atoms with Crippen LogP contribution in [0, 0.1) is 58.9 Å². The van der Waals surface area contributed by atoms with Gasteiger partial charge in [-0.1, -0.05) is 259 Å². The van der Waals surface area contributed by atoms with E-state index in [-0.39, 0.29) is 166 Å². The number of allylic oxidation sites excluding steroid dienone is 4. The number of nitrogens with zero attached hydrogens (tertiary/aromatic N) is 7. The van der Waals surface area contributed by atoms with Gasteiger partial charge in [0.1, 0.15) is 11.5 Å². The molecule has 0 fully saturated rings. The maximum absolute atomic E-state index is 13.2. The molecule has 0 aliphatic heterocycles. The first-order valence-corrected chi connectivity index (χ1v) is 44.6. The van der Waals surface area contributed by atoms with Crippen molar-refractivity contribution in [1.82, 2.24) is 34.9 Å². The molecule has 18 aromatic rings. The van der Waals surface area contributed by atoms with Crippen molar-refractivity contribution in [2.24, 2.45) is 10.8 Å². The first kappa shape index (κ1) is 119. The number of rotatable bonds is 15. The Morgan fingerprint density at radius 3 is 1.38 bits per heavy atom. The molecule has 0 atom stereocenters. The van der Waals surface area contributed by atoms with E-state index in [1.807, 2.05) is 164 Å². The predicted molar refractivity (Wildman–Crippen MR) is 537 cm³/mol. The molecule has 0 spiro atoms. The van der Waals surface area contributed by atoms with Crippen LogP contribution in [-0.4, -0.2) is 67.7 Å². The fourth-order valence-electron chi connectivity index (χ4n) is 13.2. The van der Waals surface area contributed by atoms with Crippen LogP contribution in [0.25, 0.3) is 120 Å². The molecule has 8 heterocycles. The molecule has 13 nitrogen and oxygen atoms in total. The molecule has 22 heteroatoms. The molecule has 138 heavy (non-hydrogen) atoms. The van der Waals surface area contributed by atoms with E-state index in [9.17, 15) is 28.3 Å². The molecular weight excluding hydrogens is 2810 g/mol. The van der Waals surface area contributed by atoms with Crippen LogP contribution in [0.4, 0.5) is 8.78 Å². The Balaban J connectivity index is 0.000000328. The average Bonchev–Trinajstić information content (AvgIpc) is 1.11. The monoisotopic (exact) mass is 2920 g/mol. The van der Waals surface area contributed by atoms with Gasteiger partial charge in [-0.3, -0.25) is 18.4 Å². The Labute approximate surface area is 895 Å². The van der Waals surface area contributed by atoms with E-state index in [2.05, 4.69) is 245 Å². The molecule has 0 amide bonds. The molecule has 3 N–H and O–H groups in total. The van der Waals surface area contributed by atoms with E-state index in [1.165, 1.54) is 141 Å². The maximum atomic E-state index is 13.2. The summed E-state index contributed by atoms with van der Waals surface area (Å²) in [4.78, 5) is 62.5. The number of thiophene rings is 1. The molecule has 0 aliphatic carbocycles. The number of aliphatic hydroxyl groups is 2. The minimum Gasteiger partial charge on any atom is -0.512 e. The number of fused-ring (bicyclic) bond motifs is 7. The van der Waals surface area contributed by atoms with Gasteiger partial charge in [0.25, 0.3) is 0 Å². The SMILES string of the molecule is CC(=O)C=C(C)O.CC(C)(C)C(=O)C=C(O)C(C)(C)C.CC(C)(C)c1c[c-]c(-c2nccc3ccccc23)cc1.CCCCCCCCc1c[c-]c(-c2nccc3ccccc23)cc1.Fc1c[c-]c(-c2ccccn2)c(F)c1.O=C(O)c1ccccn1.[Ir].[Ir].[Ir].[Ir].[Ir].[Ir].[c-]1c(-c2ccccn2)sc2ccccc12.[c-]1cccc2ccc3cccnc3c12.[c-]1ccccc1-c1nccc2ccccc12. The molecule has 724 valence electrons. The number of unbranched alkanes of at least 4 members (excludes halogenated alkanes) is 5. The van der Waals surface area contributed by atoms with Crippen molar-refractivity contribution in [3.8, 4) is 55.6 Å². The summed E-state index contributed by atoms with van der Waals surface area (Å²) in [7, 11) is 0. The second-order valence-electron chi connectivity index (χ2n) is 33.9. The van der Waals surface area contributed by atoms with Crippen molar-refractivity contribution >= 4 is 93.0 Å². The Hall–Kier alpha value is -10.8. The van der Waals surface area contributed by atoms with Crippen LogP contribution >= 0.6 is 11.3 Å². The van der Waals surface area contributed by atoms with Gasteiger partial charge in [-0.05, 0) is 143 Å². The van der Waals surface area contributed by atoms with E-state index in [0.29, 0.717) is 5.69 Å². The number of aromatic nitrogens is 7. The molecule has 8 aromatic heterocycles. The fourth-order valence-corrected chi connectivity index (χ4v) is 14.2. The topological polar surface area (TPSA) is 202 Å². The van der Waals surface area contributed by atoms with Crippen molar-refractivity contribution in [3.05, 3.63) is 417 Å². The summed E-state index contributed by atoms with van der Waals surface area (Å²) in [6.07, 6.45) is 24.0.